The lowest BCUT2D eigenvalue weighted by Gasteiger charge is -2.30. The Bertz CT molecular complexity index is 437. The van der Waals surface area contributed by atoms with E-state index in [1.807, 2.05) is 0 Å². The fourth-order valence-corrected chi connectivity index (χ4v) is 1.45. The van der Waals surface area contributed by atoms with Crippen molar-refractivity contribution in [3.05, 3.63) is 24.0 Å². The van der Waals surface area contributed by atoms with E-state index in [2.05, 4.69) is 5.10 Å². The van der Waals surface area contributed by atoms with Crippen molar-refractivity contribution in [3.63, 3.8) is 0 Å². The molecule has 2 heterocycles. The minimum Gasteiger partial charge on any atom is -0.398 e. The summed E-state index contributed by atoms with van der Waals surface area (Å²) in [5.74, 6) is -0.321. The van der Waals surface area contributed by atoms with Crippen molar-refractivity contribution >= 4 is 17.6 Å². The Morgan fingerprint density at radius 2 is 2.25 bits per heavy atom. The zero-order valence-electron chi connectivity index (χ0n) is 8.46. The van der Waals surface area contributed by atoms with Crippen molar-refractivity contribution in [1.29, 1.82) is 0 Å². The second kappa shape index (κ2) is 3.69. The van der Waals surface area contributed by atoms with Crippen LogP contribution in [0.3, 0.4) is 0 Å². The van der Waals surface area contributed by atoms with Gasteiger partial charge in [-0.15, -0.1) is 0 Å². The van der Waals surface area contributed by atoms with E-state index in [9.17, 15) is 9.59 Å². The average Bonchev–Trinajstić information content (AvgIpc) is 2.19. The van der Waals surface area contributed by atoms with Crippen LogP contribution in [0.25, 0.3) is 0 Å². The van der Waals surface area contributed by atoms with E-state index < -0.39 is 5.91 Å². The van der Waals surface area contributed by atoms with Crippen molar-refractivity contribution in [2.45, 2.75) is 0 Å². The van der Waals surface area contributed by atoms with Crippen LogP contribution in [-0.4, -0.2) is 40.6 Å². The molecule has 16 heavy (non-hydrogen) atoms. The maximum atomic E-state index is 11.6. The van der Waals surface area contributed by atoms with Gasteiger partial charge in [0.2, 0.25) is 5.91 Å². The molecule has 0 aromatic rings. The molecule has 2 aliphatic rings. The highest BCUT2D eigenvalue weighted by Crippen LogP contribution is 2.12. The summed E-state index contributed by atoms with van der Waals surface area (Å²) < 4.78 is 0. The number of primary amides is 1. The summed E-state index contributed by atoms with van der Waals surface area (Å²) in [6.07, 6.45) is 4.97. The molecule has 0 fully saturated rings. The number of carbonyl (C=O) groups is 2. The molecule has 2 aliphatic heterocycles. The third-order valence-corrected chi connectivity index (χ3v) is 2.15. The highest BCUT2D eigenvalue weighted by molar-refractivity contribution is 6.01. The molecule has 7 heteroatoms. The van der Waals surface area contributed by atoms with Crippen LogP contribution in [0.1, 0.15) is 0 Å². The zero-order chi connectivity index (χ0) is 11.7. The highest BCUT2D eigenvalue weighted by atomic mass is 16.2. The fourth-order valence-electron chi connectivity index (χ4n) is 1.45. The van der Waals surface area contributed by atoms with Gasteiger partial charge in [-0.25, -0.2) is 5.01 Å². The smallest absolute Gasteiger partial charge is 0.263 e. The van der Waals surface area contributed by atoms with Crippen molar-refractivity contribution in [2.24, 2.45) is 16.6 Å². The van der Waals surface area contributed by atoms with Crippen LogP contribution >= 0.6 is 0 Å². The van der Waals surface area contributed by atoms with E-state index in [-0.39, 0.29) is 19.0 Å². The standard InChI is InChI=1S/C9H11N5O2/c10-6-1-2-8-12-14(4-7(11)15)9(16)5-13(8)3-6/h1-3H,4-5,10H2,(H2,11,15). The predicted molar refractivity (Wildman–Crippen MR) is 56.5 cm³/mol. The van der Waals surface area contributed by atoms with E-state index in [1.54, 1.807) is 23.3 Å². The van der Waals surface area contributed by atoms with Crippen LogP contribution in [0.2, 0.25) is 0 Å². The number of hydrogen-bond acceptors (Lipinski definition) is 5. The summed E-state index contributed by atoms with van der Waals surface area (Å²) >= 11 is 0. The van der Waals surface area contributed by atoms with Crippen LogP contribution < -0.4 is 11.5 Å². The maximum absolute atomic E-state index is 11.6. The predicted octanol–water partition coefficient (Wildman–Crippen LogP) is -1.70. The van der Waals surface area contributed by atoms with Gasteiger partial charge >= 0.3 is 0 Å². The summed E-state index contributed by atoms with van der Waals surface area (Å²) in [5, 5.41) is 5.06. The molecule has 0 saturated heterocycles. The van der Waals surface area contributed by atoms with Crippen LogP contribution in [0.5, 0.6) is 0 Å². The molecule has 4 N–H and O–H groups in total. The Labute approximate surface area is 91.7 Å². The Hall–Kier alpha value is -2.31. The molecule has 0 radical (unpaired) electrons. The highest BCUT2D eigenvalue weighted by Gasteiger charge is 2.26. The molecule has 84 valence electrons. The summed E-state index contributed by atoms with van der Waals surface area (Å²) in [4.78, 5) is 23.9. The fraction of sp³-hybridized carbons (Fsp3) is 0.222. The number of fused-ring (bicyclic) bond motifs is 1. The third kappa shape index (κ3) is 1.88. The topological polar surface area (TPSA) is 105 Å². The molecule has 0 aliphatic carbocycles. The minimum atomic E-state index is -0.596. The van der Waals surface area contributed by atoms with Gasteiger partial charge in [0.15, 0.2) is 5.84 Å². The van der Waals surface area contributed by atoms with E-state index in [0.29, 0.717) is 11.5 Å². The molecule has 7 nitrogen and oxygen atoms in total. The largest absolute Gasteiger partial charge is 0.398 e. The van der Waals surface area contributed by atoms with Crippen LogP contribution in [0, 0.1) is 0 Å². The minimum absolute atomic E-state index is 0.108. The number of nitrogens with two attached hydrogens (primary N) is 2. The number of amides is 2. The number of hydrogen-bond donors (Lipinski definition) is 2. The zero-order valence-corrected chi connectivity index (χ0v) is 8.46. The van der Waals surface area contributed by atoms with Gasteiger partial charge in [-0.05, 0) is 12.2 Å². The normalized spacial score (nSPS) is 19.1. The lowest BCUT2D eigenvalue weighted by molar-refractivity contribution is -0.136. The van der Waals surface area contributed by atoms with E-state index in [1.165, 1.54) is 0 Å². The summed E-state index contributed by atoms with van der Waals surface area (Å²) in [6, 6.07) is 0. The van der Waals surface area contributed by atoms with Gasteiger partial charge in [0.1, 0.15) is 13.1 Å². The number of amidine groups is 1. The van der Waals surface area contributed by atoms with Crippen molar-refractivity contribution in [1.82, 2.24) is 9.91 Å². The first-order valence-corrected chi connectivity index (χ1v) is 4.65. The number of nitrogens with zero attached hydrogens (tertiary/aromatic N) is 3. The molecule has 0 aromatic carbocycles. The van der Waals surface area contributed by atoms with Gasteiger partial charge in [0.25, 0.3) is 5.91 Å². The lowest BCUT2D eigenvalue weighted by Crippen LogP contribution is -2.47. The summed E-state index contributed by atoms with van der Waals surface area (Å²) in [7, 11) is 0. The molecule has 0 atom stereocenters. The maximum Gasteiger partial charge on any atom is 0.263 e. The van der Waals surface area contributed by atoms with Crippen molar-refractivity contribution < 1.29 is 9.59 Å². The Morgan fingerprint density at radius 1 is 1.50 bits per heavy atom. The van der Waals surface area contributed by atoms with Gasteiger partial charge in [0.05, 0.1) is 0 Å². The first kappa shape index (κ1) is 10.2. The van der Waals surface area contributed by atoms with Gasteiger partial charge < -0.3 is 16.4 Å². The summed E-state index contributed by atoms with van der Waals surface area (Å²) in [6.45, 7) is -0.0969. The number of rotatable bonds is 2. The molecule has 2 amide bonds. The molecule has 0 aromatic heterocycles. The van der Waals surface area contributed by atoms with Gasteiger partial charge in [-0.3, -0.25) is 9.59 Å². The van der Waals surface area contributed by atoms with Gasteiger partial charge in [0, 0.05) is 11.9 Å². The number of carbonyl (C=O) groups excluding carboxylic acids is 2. The third-order valence-electron chi connectivity index (χ3n) is 2.15. The number of allylic oxidation sites excluding steroid dienone is 1. The molecule has 2 rings (SSSR count). The quantitative estimate of drug-likeness (QED) is 0.579. The van der Waals surface area contributed by atoms with E-state index in [4.69, 9.17) is 11.5 Å². The molecular formula is C9H11N5O2. The van der Waals surface area contributed by atoms with Crippen LogP contribution in [0.4, 0.5) is 0 Å². The summed E-state index contributed by atoms with van der Waals surface area (Å²) in [5.41, 5.74) is 11.1. The second-order valence-electron chi connectivity index (χ2n) is 3.47. The second-order valence-corrected chi connectivity index (χ2v) is 3.47. The van der Waals surface area contributed by atoms with E-state index in [0.717, 1.165) is 5.01 Å². The molecule has 0 unspecified atom stereocenters. The van der Waals surface area contributed by atoms with Crippen molar-refractivity contribution in [3.8, 4) is 0 Å². The molecule has 0 saturated carbocycles. The SMILES string of the molecule is NC(=O)CN1N=C2C=CC(N)=CN2CC1=O. The number of hydrazone groups is 1. The van der Waals surface area contributed by atoms with Gasteiger partial charge in [-0.1, -0.05) is 0 Å². The molecule has 0 spiro atoms. The van der Waals surface area contributed by atoms with Crippen LogP contribution in [0.15, 0.2) is 29.2 Å². The van der Waals surface area contributed by atoms with Crippen LogP contribution in [-0.2, 0) is 9.59 Å². The lowest BCUT2D eigenvalue weighted by atomic mass is 10.2. The van der Waals surface area contributed by atoms with Gasteiger partial charge in [-0.2, -0.15) is 5.10 Å². The monoisotopic (exact) mass is 221 g/mol. The Kier molecular flexibility index (Phi) is 2.35. The van der Waals surface area contributed by atoms with E-state index >= 15 is 0 Å². The van der Waals surface area contributed by atoms with Crippen molar-refractivity contribution in [2.75, 3.05) is 13.1 Å². The Balaban J connectivity index is 2.23. The molecule has 0 bridgehead atoms. The average molecular weight is 221 g/mol. The first-order valence-electron chi connectivity index (χ1n) is 4.65. The Morgan fingerprint density at radius 3 is 2.94 bits per heavy atom. The molecular weight excluding hydrogens is 210 g/mol. The first-order chi connectivity index (χ1) is 7.56.